The van der Waals surface area contributed by atoms with Crippen molar-refractivity contribution in [3.05, 3.63) is 0 Å². The molecule has 1 aliphatic rings. The Bertz CT molecular complexity index is 178. The summed E-state index contributed by atoms with van der Waals surface area (Å²) in [6, 6.07) is 0.308. The van der Waals surface area contributed by atoms with Crippen molar-refractivity contribution in [3.63, 3.8) is 0 Å². The van der Waals surface area contributed by atoms with Gasteiger partial charge in [0, 0.05) is 26.3 Å². The van der Waals surface area contributed by atoms with E-state index in [2.05, 4.69) is 0 Å². The third-order valence-corrected chi connectivity index (χ3v) is 2.61. The Hall–Kier alpha value is -0.280. The highest BCUT2D eigenvalue weighted by Gasteiger charge is 2.24. The minimum atomic E-state index is -0.423. The van der Waals surface area contributed by atoms with Crippen LogP contribution in [0.25, 0.3) is 0 Å². The lowest BCUT2D eigenvalue weighted by atomic mass is 10.1. The zero-order valence-corrected chi connectivity index (χ0v) is 8.88. The van der Waals surface area contributed by atoms with E-state index in [9.17, 15) is 4.79 Å². The Labute approximate surface area is 84.0 Å². The Kier molecular flexibility index (Phi) is 4.00. The largest absolute Gasteiger partial charge is 0.381 e. The van der Waals surface area contributed by atoms with E-state index in [1.807, 2.05) is 7.05 Å². The molecular weight excluding hydrogens is 190 g/mol. The van der Waals surface area contributed by atoms with Crippen molar-refractivity contribution in [2.45, 2.75) is 31.2 Å². The van der Waals surface area contributed by atoms with Crippen LogP contribution < -0.4 is 0 Å². The Morgan fingerprint density at radius 2 is 2.08 bits per heavy atom. The van der Waals surface area contributed by atoms with Gasteiger partial charge < -0.3 is 9.64 Å². The van der Waals surface area contributed by atoms with E-state index < -0.39 is 5.38 Å². The van der Waals surface area contributed by atoms with Crippen LogP contribution in [0, 0.1) is 0 Å². The van der Waals surface area contributed by atoms with Crippen molar-refractivity contribution in [3.8, 4) is 0 Å². The van der Waals surface area contributed by atoms with E-state index in [0.29, 0.717) is 6.04 Å². The summed E-state index contributed by atoms with van der Waals surface area (Å²) in [6.45, 7) is 3.21. The molecule has 0 N–H and O–H groups in total. The van der Waals surface area contributed by atoms with Crippen molar-refractivity contribution >= 4 is 17.5 Å². The van der Waals surface area contributed by atoms with Crippen LogP contribution in [0.1, 0.15) is 19.8 Å². The SMILES string of the molecule is C[C@H](Cl)C(=O)N(C)C1CCOCC1. The van der Waals surface area contributed by atoms with Gasteiger partial charge in [-0.05, 0) is 19.8 Å². The molecule has 0 saturated carbocycles. The van der Waals surface area contributed by atoms with Gasteiger partial charge in [0.15, 0.2) is 0 Å². The van der Waals surface area contributed by atoms with Gasteiger partial charge in [0.25, 0.3) is 0 Å². The number of carbonyl (C=O) groups is 1. The predicted octanol–water partition coefficient (Wildman–Crippen LogP) is 1.25. The second-order valence-electron chi connectivity index (χ2n) is 3.41. The van der Waals surface area contributed by atoms with E-state index in [1.165, 1.54) is 0 Å². The van der Waals surface area contributed by atoms with Crippen LogP contribution in [-0.2, 0) is 9.53 Å². The smallest absolute Gasteiger partial charge is 0.240 e. The van der Waals surface area contributed by atoms with Gasteiger partial charge in [-0.1, -0.05) is 0 Å². The zero-order valence-electron chi connectivity index (χ0n) is 8.12. The van der Waals surface area contributed by atoms with E-state index in [0.717, 1.165) is 26.1 Å². The second-order valence-corrected chi connectivity index (χ2v) is 4.06. The molecule has 1 aliphatic heterocycles. The van der Waals surface area contributed by atoms with E-state index in [1.54, 1.807) is 11.8 Å². The fraction of sp³-hybridized carbons (Fsp3) is 0.889. The minimum Gasteiger partial charge on any atom is -0.381 e. The topological polar surface area (TPSA) is 29.5 Å². The van der Waals surface area contributed by atoms with Gasteiger partial charge >= 0.3 is 0 Å². The summed E-state index contributed by atoms with van der Waals surface area (Å²) >= 11 is 5.72. The van der Waals surface area contributed by atoms with Crippen LogP contribution in [0.4, 0.5) is 0 Å². The summed E-state index contributed by atoms with van der Waals surface area (Å²) < 4.78 is 5.22. The Morgan fingerprint density at radius 1 is 1.54 bits per heavy atom. The number of halogens is 1. The molecule has 1 fully saturated rings. The lowest BCUT2D eigenvalue weighted by Gasteiger charge is -2.31. The molecule has 1 amide bonds. The maximum atomic E-state index is 11.5. The molecule has 0 aromatic rings. The standard InChI is InChI=1S/C9H16ClNO2/c1-7(10)9(12)11(2)8-3-5-13-6-4-8/h7-8H,3-6H2,1-2H3/t7-/m0/s1. The average Bonchev–Trinajstić information content (AvgIpc) is 2.17. The van der Waals surface area contributed by atoms with Crippen LogP contribution >= 0.6 is 11.6 Å². The highest BCUT2D eigenvalue weighted by Crippen LogP contribution is 2.14. The number of amides is 1. The Morgan fingerprint density at radius 3 is 2.54 bits per heavy atom. The molecule has 0 aromatic heterocycles. The summed E-state index contributed by atoms with van der Waals surface area (Å²) in [7, 11) is 1.82. The van der Waals surface area contributed by atoms with Crippen molar-refractivity contribution < 1.29 is 9.53 Å². The summed E-state index contributed by atoms with van der Waals surface area (Å²) in [5, 5.41) is -0.423. The predicted molar refractivity (Wildman–Crippen MR) is 51.9 cm³/mol. The summed E-state index contributed by atoms with van der Waals surface area (Å²) in [6.07, 6.45) is 1.84. The van der Waals surface area contributed by atoms with Gasteiger partial charge in [-0.15, -0.1) is 11.6 Å². The molecule has 3 nitrogen and oxygen atoms in total. The summed E-state index contributed by atoms with van der Waals surface area (Å²) in [4.78, 5) is 13.2. The molecule has 1 rings (SSSR count). The van der Waals surface area contributed by atoms with Crippen molar-refractivity contribution in [1.82, 2.24) is 4.90 Å². The highest BCUT2D eigenvalue weighted by atomic mass is 35.5. The molecule has 1 atom stereocenters. The fourth-order valence-electron chi connectivity index (χ4n) is 1.53. The maximum absolute atomic E-state index is 11.5. The third kappa shape index (κ3) is 2.85. The molecule has 0 unspecified atom stereocenters. The van der Waals surface area contributed by atoms with E-state index >= 15 is 0 Å². The number of nitrogens with zero attached hydrogens (tertiary/aromatic N) is 1. The number of carbonyl (C=O) groups excluding carboxylic acids is 1. The van der Waals surface area contributed by atoms with Gasteiger partial charge in [-0.25, -0.2) is 0 Å². The zero-order chi connectivity index (χ0) is 9.84. The molecule has 13 heavy (non-hydrogen) atoms. The quantitative estimate of drug-likeness (QED) is 0.636. The van der Waals surface area contributed by atoms with Gasteiger partial charge in [0.1, 0.15) is 5.38 Å². The van der Waals surface area contributed by atoms with Gasteiger partial charge in [0.05, 0.1) is 0 Å². The number of rotatable bonds is 2. The molecule has 0 aromatic carbocycles. The molecular formula is C9H16ClNO2. The van der Waals surface area contributed by atoms with Crippen molar-refractivity contribution in [1.29, 1.82) is 0 Å². The normalized spacial score (nSPS) is 21.2. The number of hydrogen-bond acceptors (Lipinski definition) is 2. The molecule has 4 heteroatoms. The lowest BCUT2D eigenvalue weighted by molar-refractivity contribution is -0.132. The van der Waals surface area contributed by atoms with E-state index in [4.69, 9.17) is 16.3 Å². The third-order valence-electron chi connectivity index (χ3n) is 2.43. The van der Waals surface area contributed by atoms with E-state index in [-0.39, 0.29) is 5.91 Å². The van der Waals surface area contributed by atoms with Crippen LogP contribution in [0.5, 0.6) is 0 Å². The molecule has 0 aliphatic carbocycles. The molecule has 0 bridgehead atoms. The first-order valence-corrected chi connectivity index (χ1v) is 5.05. The minimum absolute atomic E-state index is 0.00793. The van der Waals surface area contributed by atoms with Crippen molar-refractivity contribution in [2.24, 2.45) is 0 Å². The first-order chi connectivity index (χ1) is 6.13. The molecule has 1 saturated heterocycles. The van der Waals surface area contributed by atoms with Crippen LogP contribution in [0.15, 0.2) is 0 Å². The average molecular weight is 206 g/mol. The van der Waals surface area contributed by atoms with Gasteiger partial charge in [-0.3, -0.25) is 4.79 Å². The summed E-state index contributed by atoms with van der Waals surface area (Å²) in [5.74, 6) is 0.00793. The van der Waals surface area contributed by atoms with Gasteiger partial charge in [-0.2, -0.15) is 0 Å². The Balaban J connectivity index is 2.45. The van der Waals surface area contributed by atoms with Crippen LogP contribution in [0.2, 0.25) is 0 Å². The summed E-state index contributed by atoms with van der Waals surface area (Å²) in [5.41, 5.74) is 0. The maximum Gasteiger partial charge on any atom is 0.240 e. The molecule has 0 radical (unpaired) electrons. The van der Waals surface area contributed by atoms with Crippen LogP contribution in [-0.4, -0.2) is 42.5 Å². The van der Waals surface area contributed by atoms with Gasteiger partial charge in [0.2, 0.25) is 5.91 Å². The number of ether oxygens (including phenoxy) is 1. The number of hydrogen-bond donors (Lipinski definition) is 0. The molecule has 0 spiro atoms. The second kappa shape index (κ2) is 4.82. The monoisotopic (exact) mass is 205 g/mol. The van der Waals surface area contributed by atoms with Crippen LogP contribution in [0.3, 0.4) is 0 Å². The first kappa shape index (κ1) is 10.8. The highest BCUT2D eigenvalue weighted by molar-refractivity contribution is 6.30. The fourth-order valence-corrected chi connectivity index (χ4v) is 1.69. The van der Waals surface area contributed by atoms with Crippen molar-refractivity contribution in [2.75, 3.05) is 20.3 Å². The first-order valence-electron chi connectivity index (χ1n) is 4.61. The molecule has 1 heterocycles. The lowest BCUT2D eigenvalue weighted by Crippen LogP contribution is -2.43. The molecule has 76 valence electrons. The number of alkyl halides is 1.